The van der Waals surface area contributed by atoms with Crippen LogP contribution in [-0.2, 0) is 11.8 Å². The molecule has 2 aliphatic rings. The van der Waals surface area contributed by atoms with Crippen LogP contribution in [0.2, 0.25) is 0 Å². The highest BCUT2D eigenvalue weighted by atomic mass is 32.2. The molecule has 1 N–H and O–H groups in total. The molecule has 140 valence electrons. The molecule has 6 nitrogen and oxygen atoms in total. The summed E-state index contributed by atoms with van der Waals surface area (Å²) >= 11 is 1.43. The summed E-state index contributed by atoms with van der Waals surface area (Å²) in [6.45, 7) is 4.09. The van der Waals surface area contributed by atoms with Crippen LogP contribution in [0.25, 0.3) is 11.6 Å². The van der Waals surface area contributed by atoms with Crippen LogP contribution in [0.15, 0.2) is 28.0 Å². The summed E-state index contributed by atoms with van der Waals surface area (Å²) < 4.78 is 7.26. The minimum atomic E-state index is -0.219. The predicted molar refractivity (Wildman–Crippen MR) is 101 cm³/mol. The van der Waals surface area contributed by atoms with Crippen LogP contribution in [0, 0.1) is 17.8 Å². The smallest absolute Gasteiger partial charge is 0.233 e. The fraction of sp³-hybridized carbons (Fsp3) is 0.632. The van der Waals surface area contributed by atoms with E-state index in [9.17, 15) is 4.79 Å². The standard InChI is InChI=1S/C19H26N4O2S/c1-11(15-10-13-6-7-14(15)9-13)20-18(24)12(2)26-19-22-21-17(23(19)3)16-5-4-8-25-16/h4-5,8,11-15H,6-7,9-10H2,1-3H3,(H,20,24). The molecule has 1 amide bonds. The Hall–Kier alpha value is -1.76. The molecule has 0 aliphatic heterocycles. The van der Waals surface area contributed by atoms with E-state index in [0.717, 1.165) is 11.8 Å². The van der Waals surface area contributed by atoms with E-state index < -0.39 is 0 Å². The van der Waals surface area contributed by atoms with Crippen molar-refractivity contribution >= 4 is 17.7 Å². The van der Waals surface area contributed by atoms with Crippen molar-refractivity contribution in [1.29, 1.82) is 0 Å². The molecule has 2 saturated carbocycles. The van der Waals surface area contributed by atoms with Crippen molar-refractivity contribution in [3.63, 3.8) is 0 Å². The molecular formula is C19H26N4O2S. The number of thioether (sulfide) groups is 1. The van der Waals surface area contributed by atoms with Crippen molar-refractivity contribution < 1.29 is 9.21 Å². The average Bonchev–Trinajstić information content (AvgIpc) is 3.40. The second-order valence-electron chi connectivity index (χ2n) is 7.74. The first-order chi connectivity index (χ1) is 12.5. The van der Waals surface area contributed by atoms with Crippen molar-refractivity contribution in [1.82, 2.24) is 20.1 Å². The van der Waals surface area contributed by atoms with E-state index in [4.69, 9.17) is 4.42 Å². The van der Waals surface area contributed by atoms with Gasteiger partial charge in [-0.25, -0.2) is 0 Å². The third-order valence-corrected chi connectivity index (χ3v) is 7.17. The largest absolute Gasteiger partial charge is 0.461 e. The van der Waals surface area contributed by atoms with Crippen LogP contribution in [0.4, 0.5) is 0 Å². The van der Waals surface area contributed by atoms with Gasteiger partial charge in [0.15, 0.2) is 16.7 Å². The van der Waals surface area contributed by atoms with Crippen molar-refractivity contribution in [3.05, 3.63) is 18.4 Å². The summed E-state index contributed by atoms with van der Waals surface area (Å²) in [5.41, 5.74) is 0. The van der Waals surface area contributed by atoms with Gasteiger partial charge in [-0.15, -0.1) is 10.2 Å². The number of rotatable bonds is 6. The van der Waals surface area contributed by atoms with E-state index >= 15 is 0 Å². The third-order valence-electron chi connectivity index (χ3n) is 6.03. The Balaban J connectivity index is 1.36. The van der Waals surface area contributed by atoms with Crippen LogP contribution in [-0.4, -0.2) is 32.0 Å². The molecule has 2 bridgehead atoms. The van der Waals surface area contributed by atoms with Crippen molar-refractivity contribution in [2.75, 3.05) is 0 Å². The summed E-state index contributed by atoms with van der Waals surface area (Å²) in [6.07, 6.45) is 6.99. The Morgan fingerprint density at radius 1 is 1.35 bits per heavy atom. The lowest BCUT2D eigenvalue weighted by Crippen LogP contribution is -2.43. The molecule has 2 fully saturated rings. The summed E-state index contributed by atoms with van der Waals surface area (Å²) in [4.78, 5) is 12.7. The Bertz CT molecular complexity index is 773. The van der Waals surface area contributed by atoms with Gasteiger partial charge in [-0.2, -0.15) is 0 Å². The second kappa shape index (κ2) is 7.10. The average molecular weight is 375 g/mol. The maximum atomic E-state index is 12.7. The number of carbonyl (C=O) groups excluding carboxylic acids is 1. The second-order valence-corrected chi connectivity index (χ2v) is 9.05. The summed E-state index contributed by atoms with van der Waals surface area (Å²) in [7, 11) is 1.89. The summed E-state index contributed by atoms with van der Waals surface area (Å²) in [6, 6.07) is 3.93. The molecule has 7 heteroatoms. The van der Waals surface area contributed by atoms with Gasteiger partial charge >= 0.3 is 0 Å². The fourth-order valence-corrected chi connectivity index (χ4v) is 5.43. The Morgan fingerprint density at radius 3 is 2.85 bits per heavy atom. The number of furan rings is 1. The summed E-state index contributed by atoms with van der Waals surface area (Å²) in [5.74, 6) is 3.78. The zero-order chi connectivity index (χ0) is 18.3. The summed E-state index contributed by atoms with van der Waals surface area (Å²) in [5, 5.41) is 12.1. The van der Waals surface area contributed by atoms with E-state index in [2.05, 4.69) is 22.4 Å². The van der Waals surface area contributed by atoms with Crippen molar-refractivity contribution in [3.8, 4) is 11.6 Å². The first kappa shape index (κ1) is 17.6. The van der Waals surface area contributed by atoms with Crippen molar-refractivity contribution in [2.24, 2.45) is 24.8 Å². The van der Waals surface area contributed by atoms with E-state index in [0.29, 0.717) is 22.7 Å². The quantitative estimate of drug-likeness (QED) is 0.784. The number of aromatic nitrogens is 3. The van der Waals surface area contributed by atoms with Crippen LogP contribution in [0.5, 0.6) is 0 Å². The maximum absolute atomic E-state index is 12.7. The lowest BCUT2D eigenvalue weighted by Gasteiger charge is -2.29. The molecule has 0 radical (unpaired) electrons. The number of fused-ring (bicyclic) bond motifs is 2. The predicted octanol–water partition coefficient (Wildman–Crippen LogP) is 3.50. The minimum Gasteiger partial charge on any atom is -0.461 e. The van der Waals surface area contributed by atoms with Gasteiger partial charge in [0, 0.05) is 13.1 Å². The maximum Gasteiger partial charge on any atom is 0.233 e. The highest BCUT2D eigenvalue weighted by Gasteiger charge is 2.42. The topological polar surface area (TPSA) is 73.0 Å². The molecule has 5 atom stereocenters. The first-order valence-corrected chi connectivity index (χ1v) is 10.3. The number of hydrogen-bond donors (Lipinski definition) is 1. The van der Waals surface area contributed by atoms with Gasteiger partial charge in [-0.1, -0.05) is 18.2 Å². The lowest BCUT2D eigenvalue weighted by atomic mass is 9.84. The third kappa shape index (κ3) is 3.29. The number of amides is 1. The van der Waals surface area contributed by atoms with E-state index in [1.165, 1.54) is 37.4 Å². The van der Waals surface area contributed by atoms with Crippen LogP contribution in [0.3, 0.4) is 0 Å². The molecule has 26 heavy (non-hydrogen) atoms. The molecular weight excluding hydrogens is 348 g/mol. The van der Waals surface area contributed by atoms with Crippen LogP contribution in [0.1, 0.15) is 39.5 Å². The van der Waals surface area contributed by atoms with Gasteiger partial charge in [-0.05, 0) is 63.0 Å². The molecule has 4 rings (SSSR count). The number of nitrogens with one attached hydrogen (secondary N) is 1. The number of hydrogen-bond acceptors (Lipinski definition) is 5. The van der Waals surface area contributed by atoms with Gasteiger partial charge in [0.05, 0.1) is 11.5 Å². The molecule has 0 saturated heterocycles. The Kier molecular flexibility index (Phi) is 4.82. The fourth-order valence-electron chi connectivity index (χ4n) is 4.60. The van der Waals surface area contributed by atoms with Crippen LogP contribution < -0.4 is 5.32 Å². The molecule has 5 unspecified atom stereocenters. The van der Waals surface area contributed by atoms with Crippen LogP contribution >= 0.6 is 11.8 Å². The molecule has 0 aromatic carbocycles. The van der Waals surface area contributed by atoms with Gasteiger partial charge in [0.25, 0.3) is 0 Å². The first-order valence-electron chi connectivity index (χ1n) is 9.43. The molecule has 2 aliphatic carbocycles. The van der Waals surface area contributed by atoms with Gasteiger partial charge in [0.2, 0.25) is 5.91 Å². The highest BCUT2D eigenvalue weighted by molar-refractivity contribution is 8.00. The van der Waals surface area contributed by atoms with E-state index in [1.54, 1.807) is 6.26 Å². The van der Waals surface area contributed by atoms with Gasteiger partial charge < -0.3 is 14.3 Å². The van der Waals surface area contributed by atoms with E-state index in [1.807, 2.05) is 30.7 Å². The molecule has 2 aromatic heterocycles. The van der Waals surface area contributed by atoms with Gasteiger partial charge in [0.1, 0.15) is 0 Å². The zero-order valence-electron chi connectivity index (χ0n) is 15.5. The SMILES string of the molecule is CC(Sc1nnc(-c2ccco2)n1C)C(=O)NC(C)C1CC2CCC1C2. The van der Waals surface area contributed by atoms with Gasteiger partial charge in [-0.3, -0.25) is 4.79 Å². The monoisotopic (exact) mass is 374 g/mol. The molecule has 2 aromatic rings. The van der Waals surface area contributed by atoms with Crippen molar-refractivity contribution in [2.45, 2.75) is 56.0 Å². The Morgan fingerprint density at radius 2 is 2.19 bits per heavy atom. The number of nitrogens with zero attached hydrogens (tertiary/aromatic N) is 3. The normalized spacial score (nSPS) is 26.8. The highest BCUT2D eigenvalue weighted by Crippen LogP contribution is 2.49. The number of carbonyl (C=O) groups is 1. The molecule has 2 heterocycles. The minimum absolute atomic E-state index is 0.0767. The lowest BCUT2D eigenvalue weighted by molar-refractivity contribution is -0.121. The molecule has 0 spiro atoms. The zero-order valence-corrected chi connectivity index (χ0v) is 16.3. The van der Waals surface area contributed by atoms with E-state index in [-0.39, 0.29) is 17.2 Å². The Labute approximate surface area is 158 Å².